The molecule has 14 aromatic carbocycles. The highest BCUT2D eigenvalue weighted by Crippen LogP contribution is 2.59. The number of fused-ring (bicyclic) bond motifs is 11. The first-order valence-electron chi connectivity index (χ1n) is 25.8. The normalized spacial score (nSPS) is 12.7. The average Bonchev–Trinajstić information content (AvgIpc) is 3.79. The van der Waals surface area contributed by atoms with Gasteiger partial charge >= 0.3 is 0 Å². The maximum absolute atomic E-state index is 2.51. The highest BCUT2D eigenvalue weighted by molar-refractivity contribution is 6.25. The highest BCUT2D eigenvalue weighted by Gasteiger charge is 2.47. The van der Waals surface area contributed by atoms with Crippen molar-refractivity contribution in [2.24, 2.45) is 0 Å². The molecule has 0 saturated carbocycles. The van der Waals surface area contributed by atoms with Gasteiger partial charge in [0.05, 0.1) is 22.5 Å². The second-order valence-corrected chi connectivity index (χ2v) is 19.8. The zero-order chi connectivity index (χ0) is 48.7. The van der Waals surface area contributed by atoms with Crippen LogP contribution in [0.3, 0.4) is 0 Å². The molecule has 1 aliphatic carbocycles. The predicted octanol–water partition coefficient (Wildman–Crippen LogP) is 19.8. The van der Waals surface area contributed by atoms with Crippen molar-refractivity contribution in [3.05, 3.63) is 307 Å². The van der Waals surface area contributed by atoms with Crippen LogP contribution in [0.4, 0.5) is 17.1 Å². The third-order valence-electron chi connectivity index (χ3n) is 16.1. The minimum absolute atomic E-state index is 0.545. The molecule has 1 heteroatoms. The van der Waals surface area contributed by atoms with Gasteiger partial charge < -0.3 is 4.90 Å². The summed E-state index contributed by atoms with van der Waals surface area (Å²) in [6, 6.07) is 106. The fraction of sp³-hybridized carbons (Fsp3) is 0.0137. The van der Waals surface area contributed by atoms with Gasteiger partial charge in [-0.25, -0.2) is 0 Å². The Hall–Kier alpha value is -9.56. The van der Waals surface area contributed by atoms with Gasteiger partial charge in [-0.2, -0.15) is 0 Å². The van der Waals surface area contributed by atoms with E-state index in [0.29, 0.717) is 0 Å². The van der Waals surface area contributed by atoms with Gasteiger partial charge in [-0.3, -0.25) is 0 Å². The van der Waals surface area contributed by atoms with Crippen LogP contribution in [-0.2, 0) is 5.41 Å². The molecule has 14 aromatic rings. The second kappa shape index (κ2) is 16.8. The standard InChI is InChI=1S/C73H47N/c1-3-26-50(27-4-1)73(51-28-5-2-6-29-51)68-41-18-17-37-60(68)62-39-21-40-63(72(62)73)65-47-67-57-35-13-11-33-55(57)64(46-66(67)58-36-14-12-34-56(58)65)59-44-45-71(61-38-16-15-32-54(59)61)74(69-42-19-24-48-22-7-9-30-52(48)69)70-43-20-25-49-23-8-10-31-53(49)70/h1-47H. The molecule has 0 fully saturated rings. The summed E-state index contributed by atoms with van der Waals surface area (Å²) in [6.07, 6.45) is 0. The molecule has 0 heterocycles. The summed E-state index contributed by atoms with van der Waals surface area (Å²) >= 11 is 0. The van der Waals surface area contributed by atoms with E-state index in [9.17, 15) is 0 Å². The molecular weight excluding hydrogens is 891 g/mol. The van der Waals surface area contributed by atoms with Crippen LogP contribution in [0.1, 0.15) is 22.3 Å². The van der Waals surface area contributed by atoms with E-state index in [1.165, 1.54) is 120 Å². The Morgan fingerprint density at radius 2 is 0.595 bits per heavy atom. The van der Waals surface area contributed by atoms with Crippen LogP contribution < -0.4 is 4.90 Å². The van der Waals surface area contributed by atoms with Crippen LogP contribution in [-0.4, -0.2) is 0 Å². The summed E-state index contributed by atoms with van der Waals surface area (Å²) in [7, 11) is 0. The van der Waals surface area contributed by atoms with E-state index in [-0.39, 0.29) is 0 Å². The van der Waals surface area contributed by atoms with Gasteiger partial charge in [-0.05, 0) is 134 Å². The Morgan fingerprint density at radius 3 is 1.16 bits per heavy atom. The smallest absolute Gasteiger partial charge is 0.0719 e. The third-order valence-corrected chi connectivity index (χ3v) is 16.1. The Kier molecular flexibility index (Phi) is 9.55. The number of rotatable bonds is 7. The first-order chi connectivity index (χ1) is 36.8. The summed E-state index contributed by atoms with van der Waals surface area (Å²) in [6.45, 7) is 0. The topological polar surface area (TPSA) is 3.24 Å². The Balaban J connectivity index is 0.987. The summed E-state index contributed by atoms with van der Waals surface area (Å²) in [5, 5.41) is 14.7. The van der Waals surface area contributed by atoms with E-state index >= 15 is 0 Å². The van der Waals surface area contributed by atoms with Crippen LogP contribution in [0, 0.1) is 0 Å². The van der Waals surface area contributed by atoms with Crippen molar-refractivity contribution in [3.63, 3.8) is 0 Å². The van der Waals surface area contributed by atoms with Crippen molar-refractivity contribution >= 4 is 81.7 Å². The molecule has 0 radical (unpaired) electrons. The van der Waals surface area contributed by atoms with Gasteiger partial charge in [-0.1, -0.05) is 255 Å². The molecule has 0 saturated heterocycles. The molecule has 0 aromatic heterocycles. The summed E-state index contributed by atoms with van der Waals surface area (Å²) in [4.78, 5) is 2.49. The van der Waals surface area contributed by atoms with E-state index in [0.717, 1.165) is 17.1 Å². The fourth-order valence-electron chi connectivity index (χ4n) is 13.0. The first kappa shape index (κ1) is 42.2. The van der Waals surface area contributed by atoms with Crippen LogP contribution in [0.5, 0.6) is 0 Å². The van der Waals surface area contributed by atoms with Crippen LogP contribution in [0.15, 0.2) is 285 Å². The molecule has 344 valence electrons. The lowest BCUT2D eigenvalue weighted by atomic mass is 9.66. The predicted molar refractivity (Wildman–Crippen MR) is 314 cm³/mol. The first-order valence-corrected chi connectivity index (χ1v) is 25.8. The van der Waals surface area contributed by atoms with Crippen LogP contribution in [0.2, 0.25) is 0 Å². The molecule has 0 atom stereocenters. The number of benzene rings is 14. The summed E-state index contributed by atoms with van der Waals surface area (Å²) in [5.74, 6) is 0. The number of anilines is 3. The molecular formula is C73H47N. The largest absolute Gasteiger partial charge is 0.309 e. The molecule has 15 rings (SSSR count). The van der Waals surface area contributed by atoms with Crippen LogP contribution in [0.25, 0.3) is 98.0 Å². The average molecular weight is 938 g/mol. The molecule has 74 heavy (non-hydrogen) atoms. The Bertz CT molecular complexity index is 4420. The van der Waals surface area contributed by atoms with Gasteiger partial charge in [0.25, 0.3) is 0 Å². The van der Waals surface area contributed by atoms with E-state index in [2.05, 4.69) is 290 Å². The van der Waals surface area contributed by atoms with Gasteiger partial charge in [0.15, 0.2) is 0 Å². The molecule has 0 N–H and O–H groups in total. The zero-order valence-corrected chi connectivity index (χ0v) is 40.6. The van der Waals surface area contributed by atoms with Gasteiger partial charge in [0.1, 0.15) is 0 Å². The Morgan fingerprint density at radius 1 is 0.216 bits per heavy atom. The summed E-state index contributed by atoms with van der Waals surface area (Å²) < 4.78 is 0. The number of hydrogen-bond acceptors (Lipinski definition) is 1. The quantitative estimate of drug-likeness (QED) is 0.144. The molecule has 0 unspecified atom stereocenters. The van der Waals surface area contributed by atoms with Crippen molar-refractivity contribution in [2.75, 3.05) is 4.90 Å². The van der Waals surface area contributed by atoms with Crippen molar-refractivity contribution < 1.29 is 0 Å². The lowest BCUT2D eigenvalue weighted by Crippen LogP contribution is -2.29. The van der Waals surface area contributed by atoms with E-state index in [1.807, 2.05) is 0 Å². The van der Waals surface area contributed by atoms with Crippen molar-refractivity contribution in [3.8, 4) is 33.4 Å². The summed E-state index contributed by atoms with van der Waals surface area (Å²) in [5.41, 5.74) is 15.5. The maximum atomic E-state index is 2.51. The third kappa shape index (κ3) is 6.17. The van der Waals surface area contributed by atoms with Crippen molar-refractivity contribution in [2.45, 2.75) is 5.41 Å². The monoisotopic (exact) mass is 937 g/mol. The SMILES string of the molecule is c1ccc(C2(c3ccccc3)c3ccccc3-c3cccc(-c4cc5c6ccccc6c(-c6ccc(N(c7cccc8ccccc78)c7cccc8ccccc78)c7ccccc67)cc5c5ccccc45)c32)cc1. The zero-order valence-electron chi connectivity index (χ0n) is 40.6. The van der Waals surface area contributed by atoms with Crippen molar-refractivity contribution in [1.29, 1.82) is 0 Å². The van der Waals surface area contributed by atoms with E-state index < -0.39 is 5.41 Å². The number of hydrogen-bond donors (Lipinski definition) is 0. The fourth-order valence-corrected chi connectivity index (χ4v) is 13.0. The second-order valence-electron chi connectivity index (χ2n) is 19.8. The van der Waals surface area contributed by atoms with E-state index in [1.54, 1.807) is 0 Å². The lowest BCUT2D eigenvalue weighted by molar-refractivity contribution is 0.770. The van der Waals surface area contributed by atoms with Crippen molar-refractivity contribution in [1.82, 2.24) is 0 Å². The van der Waals surface area contributed by atoms with Gasteiger partial charge in [0, 0.05) is 16.2 Å². The maximum Gasteiger partial charge on any atom is 0.0719 e. The van der Waals surface area contributed by atoms with E-state index in [4.69, 9.17) is 0 Å². The molecule has 1 aliphatic rings. The molecule has 0 bridgehead atoms. The van der Waals surface area contributed by atoms with Gasteiger partial charge in [0.2, 0.25) is 0 Å². The Labute approximate surface area is 430 Å². The molecule has 0 amide bonds. The lowest BCUT2D eigenvalue weighted by Gasteiger charge is -2.35. The number of nitrogens with zero attached hydrogens (tertiary/aromatic N) is 1. The van der Waals surface area contributed by atoms with Gasteiger partial charge in [-0.15, -0.1) is 0 Å². The molecule has 1 nitrogen and oxygen atoms in total. The van der Waals surface area contributed by atoms with Crippen LogP contribution >= 0.6 is 0 Å². The minimum Gasteiger partial charge on any atom is -0.309 e. The minimum atomic E-state index is -0.545. The molecule has 0 aliphatic heterocycles. The highest BCUT2D eigenvalue weighted by atomic mass is 15.1. The molecule has 0 spiro atoms.